The number of rotatable bonds is 3. The topological polar surface area (TPSA) is 66.5 Å². The van der Waals surface area contributed by atoms with Gasteiger partial charge in [-0.1, -0.05) is 0 Å². The summed E-state index contributed by atoms with van der Waals surface area (Å²) in [6.45, 7) is 2.04. The Bertz CT molecular complexity index is 249. The zero-order chi connectivity index (χ0) is 9.14. The smallest absolute Gasteiger partial charge is 0.115 e. The van der Waals surface area contributed by atoms with Gasteiger partial charge in [-0.25, -0.2) is 0 Å². The summed E-state index contributed by atoms with van der Waals surface area (Å²) in [6.07, 6.45) is -1.70. The van der Waals surface area contributed by atoms with Gasteiger partial charge in [0.25, 0.3) is 0 Å². The lowest BCUT2D eigenvalue weighted by atomic mass is 10.2. The molecule has 0 aliphatic rings. The number of hydrogen-bond donors (Lipinski definition) is 3. The van der Waals surface area contributed by atoms with Crippen LogP contribution in [-0.2, 0) is 0 Å². The quantitative estimate of drug-likeness (QED) is 0.642. The number of aliphatic hydroxyl groups excluding tert-OH is 2. The molecule has 0 aliphatic heterocycles. The summed E-state index contributed by atoms with van der Waals surface area (Å²) in [5, 5.41) is 18.7. The minimum absolute atomic E-state index is 0.0815. The maximum atomic E-state index is 9.48. The average molecular weight is 187 g/mol. The van der Waals surface area contributed by atoms with E-state index >= 15 is 0 Å². The van der Waals surface area contributed by atoms with Crippen LogP contribution >= 0.6 is 11.3 Å². The van der Waals surface area contributed by atoms with E-state index in [2.05, 4.69) is 0 Å². The van der Waals surface area contributed by atoms with E-state index in [0.29, 0.717) is 0 Å². The van der Waals surface area contributed by atoms with E-state index in [1.807, 2.05) is 19.1 Å². The largest absolute Gasteiger partial charge is 0.389 e. The third kappa shape index (κ3) is 2.04. The molecular weight excluding hydrogens is 174 g/mol. The standard InChI is InChI=1S/C8H13NO2S/c1-5-2-3-7(12-5)8(11)6(10)4-9/h2-3,6,8,10-11H,4,9H2,1H3. The second kappa shape index (κ2) is 4.00. The zero-order valence-electron chi connectivity index (χ0n) is 6.90. The van der Waals surface area contributed by atoms with Crippen LogP contribution in [0.2, 0.25) is 0 Å². The van der Waals surface area contributed by atoms with E-state index < -0.39 is 12.2 Å². The first kappa shape index (κ1) is 9.67. The minimum Gasteiger partial charge on any atom is -0.389 e. The second-order valence-corrected chi connectivity index (χ2v) is 4.02. The fraction of sp³-hybridized carbons (Fsp3) is 0.500. The summed E-state index contributed by atoms with van der Waals surface area (Å²) in [6, 6.07) is 3.72. The van der Waals surface area contributed by atoms with Crippen LogP contribution in [0.15, 0.2) is 12.1 Å². The van der Waals surface area contributed by atoms with Gasteiger partial charge in [-0.2, -0.15) is 0 Å². The molecule has 12 heavy (non-hydrogen) atoms. The van der Waals surface area contributed by atoms with Crippen LogP contribution in [-0.4, -0.2) is 22.9 Å². The van der Waals surface area contributed by atoms with Crippen molar-refractivity contribution in [1.29, 1.82) is 0 Å². The number of hydrogen-bond acceptors (Lipinski definition) is 4. The SMILES string of the molecule is Cc1ccc(C(O)C(O)CN)s1. The predicted molar refractivity (Wildman–Crippen MR) is 49.1 cm³/mol. The molecule has 0 aliphatic carbocycles. The maximum absolute atomic E-state index is 9.48. The molecule has 3 nitrogen and oxygen atoms in total. The van der Waals surface area contributed by atoms with Crippen LogP contribution in [0, 0.1) is 6.92 Å². The Morgan fingerprint density at radius 2 is 2.17 bits per heavy atom. The highest BCUT2D eigenvalue weighted by Gasteiger charge is 2.17. The molecule has 68 valence electrons. The summed E-state index contributed by atoms with van der Waals surface area (Å²) >= 11 is 1.47. The molecule has 4 heteroatoms. The fourth-order valence-corrected chi connectivity index (χ4v) is 1.85. The molecule has 2 atom stereocenters. The molecule has 1 aromatic heterocycles. The Balaban J connectivity index is 2.70. The summed E-state index contributed by atoms with van der Waals surface area (Å²) in [5.41, 5.74) is 5.21. The number of thiophene rings is 1. The van der Waals surface area contributed by atoms with Gasteiger partial charge in [0.05, 0.1) is 6.10 Å². The van der Waals surface area contributed by atoms with Gasteiger partial charge < -0.3 is 15.9 Å². The lowest BCUT2D eigenvalue weighted by molar-refractivity contribution is 0.0265. The summed E-state index contributed by atoms with van der Waals surface area (Å²) in [7, 11) is 0. The van der Waals surface area contributed by atoms with Crippen molar-refractivity contribution in [2.75, 3.05) is 6.54 Å². The molecule has 2 unspecified atom stereocenters. The third-order valence-electron chi connectivity index (χ3n) is 1.66. The Kier molecular flexibility index (Phi) is 3.22. The summed E-state index contributed by atoms with van der Waals surface area (Å²) < 4.78 is 0. The van der Waals surface area contributed by atoms with E-state index in [4.69, 9.17) is 5.73 Å². The van der Waals surface area contributed by atoms with Crippen molar-refractivity contribution in [2.24, 2.45) is 5.73 Å². The molecule has 0 spiro atoms. The molecule has 1 heterocycles. The molecule has 1 rings (SSSR count). The predicted octanol–water partition coefficient (Wildman–Crippen LogP) is 0.410. The van der Waals surface area contributed by atoms with E-state index in [0.717, 1.165) is 9.75 Å². The molecule has 0 bridgehead atoms. The van der Waals surface area contributed by atoms with Crippen LogP contribution in [0.3, 0.4) is 0 Å². The molecule has 0 saturated carbocycles. The Hall–Kier alpha value is -0.420. The van der Waals surface area contributed by atoms with Crippen LogP contribution in [0.1, 0.15) is 15.9 Å². The van der Waals surface area contributed by atoms with Crippen molar-refractivity contribution in [3.05, 3.63) is 21.9 Å². The molecule has 4 N–H and O–H groups in total. The first-order chi connectivity index (χ1) is 5.65. The fourth-order valence-electron chi connectivity index (χ4n) is 0.931. The lowest BCUT2D eigenvalue weighted by Gasteiger charge is -2.13. The molecule has 0 amide bonds. The van der Waals surface area contributed by atoms with Crippen LogP contribution < -0.4 is 5.73 Å². The highest BCUT2D eigenvalue weighted by molar-refractivity contribution is 7.12. The van der Waals surface area contributed by atoms with Crippen molar-refractivity contribution in [3.8, 4) is 0 Å². The van der Waals surface area contributed by atoms with E-state index in [9.17, 15) is 10.2 Å². The first-order valence-corrected chi connectivity index (χ1v) is 4.59. The number of aryl methyl sites for hydroxylation is 1. The molecule has 1 aromatic rings. The van der Waals surface area contributed by atoms with Crippen molar-refractivity contribution in [3.63, 3.8) is 0 Å². The summed E-state index contributed by atoms with van der Waals surface area (Å²) in [4.78, 5) is 1.89. The summed E-state index contributed by atoms with van der Waals surface area (Å²) in [5.74, 6) is 0. The van der Waals surface area contributed by atoms with Crippen molar-refractivity contribution in [2.45, 2.75) is 19.1 Å². The van der Waals surface area contributed by atoms with E-state index in [1.54, 1.807) is 0 Å². The molecule has 0 radical (unpaired) electrons. The molecule has 0 aromatic carbocycles. The highest BCUT2D eigenvalue weighted by atomic mass is 32.1. The lowest BCUT2D eigenvalue weighted by Crippen LogP contribution is -2.26. The van der Waals surface area contributed by atoms with Gasteiger partial charge in [0.2, 0.25) is 0 Å². The highest BCUT2D eigenvalue weighted by Crippen LogP contribution is 2.24. The van der Waals surface area contributed by atoms with Gasteiger partial charge in [-0.15, -0.1) is 11.3 Å². The number of nitrogens with two attached hydrogens (primary N) is 1. The van der Waals surface area contributed by atoms with E-state index in [-0.39, 0.29) is 6.54 Å². The molecule has 0 fully saturated rings. The Morgan fingerprint density at radius 1 is 1.50 bits per heavy atom. The Labute approximate surface area is 75.5 Å². The average Bonchev–Trinajstić information content (AvgIpc) is 2.49. The van der Waals surface area contributed by atoms with Gasteiger partial charge in [0.15, 0.2) is 0 Å². The van der Waals surface area contributed by atoms with Crippen LogP contribution in [0.4, 0.5) is 0 Å². The zero-order valence-corrected chi connectivity index (χ0v) is 7.71. The normalized spacial score (nSPS) is 16.0. The van der Waals surface area contributed by atoms with Gasteiger partial charge in [0.1, 0.15) is 6.10 Å². The second-order valence-electron chi connectivity index (χ2n) is 2.70. The van der Waals surface area contributed by atoms with Gasteiger partial charge in [0, 0.05) is 16.3 Å². The molecular formula is C8H13NO2S. The van der Waals surface area contributed by atoms with Gasteiger partial charge in [-0.3, -0.25) is 0 Å². The van der Waals surface area contributed by atoms with Crippen LogP contribution in [0.5, 0.6) is 0 Å². The first-order valence-electron chi connectivity index (χ1n) is 3.77. The van der Waals surface area contributed by atoms with E-state index in [1.165, 1.54) is 11.3 Å². The van der Waals surface area contributed by atoms with Gasteiger partial charge >= 0.3 is 0 Å². The van der Waals surface area contributed by atoms with Gasteiger partial charge in [-0.05, 0) is 19.1 Å². The minimum atomic E-state index is -0.858. The maximum Gasteiger partial charge on any atom is 0.115 e. The molecule has 0 saturated heterocycles. The number of aliphatic hydroxyl groups is 2. The Morgan fingerprint density at radius 3 is 2.58 bits per heavy atom. The van der Waals surface area contributed by atoms with Crippen molar-refractivity contribution >= 4 is 11.3 Å². The van der Waals surface area contributed by atoms with Crippen molar-refractivity contribution < 1.29 is 10.2 Å². The van der Waals surface area contributed by atoms with Crippen LogP contribution in [0.25, 0.3) is 0 Å². The third-order valence-corrected chi connectivity index (χ3v) is 2.73. The van der Waals surface area contributed by atoms with Crippen molar-refractivity contribution in [1.82, 2.24) is 0 Å². The monoisotopic (exact) mass is 187 g/mol.